The Kier molecular flexibility index (Phi) is 4.05. The lowest BCUT2D eigenvalue weighted by Crippen LogP contribution is -2.40. The summed E-state index contributed by atoms with van der Waals surface area (Å²) in [5, 5.41) is 2.90. The summed E-state index contributed by atoms with van der Waals surface area (Å²) in [5.41, 5.74) is -0.529. The summed E-state index contributed by atoms with van der Waals surface area (Å²) in [5.74, 6) is 0.419. The number of hydrogen-bond acceptors (Lipinski definition) is 5. The molecule has 0 saturated heterocycles. The fourth-order valence-corrected chi connectivity index (χ4v) is 2.47. The Morgan fingerprint density at radius 3 is 2.18 bits per heavy atom. The fraction of sp³-hybridized carbons (Fsp3) is 0.600. The van der Waals surface area contributed by atoms with Crippen molar-refractivity contribution in [1.82, 2.24) is 14.7 Å². The number of nitrogens with zero attached hydrogens (tertiary/aromatic N) is 2. The van der Waals surface area contributed by atoms with Crippen LogP contribution in [0.4, 0.5) is 5.95 Å². The molecule has 17 heavy (non-hydrogen) atoms. The van der Waals surface area contributed by atoms with Crippen molar-refractivity contribution in [3.05, 3.63) is 12.4 Å². The molecule has 0 spiro atoms. The highest BCUT2D eigenvalue weighted by atomic mass is 32.2. The van der Waals surface area contributed by atoms with Crippen molar-refractivity contribution in [1.29, 1.82) is 0 Å². The third-order valence-electron chi connectivity index (χ3n) is 1.71. The second-order valence-electron chi connectivity index (χ2n) is 4.63. The van der Waals surface area contributed by atoms with Crippen LogP contribution in [-0.4, -0.2) is 30.5 Å². The molecule has 0 aliphatic rings. The van der Waals surface area contributed by atoms with Gasteiger partial charge >= 0.3 is 0 Å². The monoisotopic (exact) mass is 258 g/mol. The van der Waals surface area contributed by atoms with Crippen molar-refractivity contribution in [3.8, 4) is 0 Å². The molecule has 0 amide bonds. The van der Waals surface area contributed by atoms with Gasteiger partial charge in [-0.2, -0.15) is 0 Å². The van der Waals surface area contributed by atoms with Crippen LogP contribution in [0.25, 0.3) is 0 Å². The van der Waals surface area contributed by atoms with E-state index in [2.05, 4.69) is 20.0 Å². The van der Waals surface area contributed by atoms with E-state index in [9.17, 15) is 8.42 Å². The molecular weight excluding hydrogens is 240 g/mol. The first-order chi connectivity index (χ1) is 7.74. The van der Waals surface area contributed by atoms with Crippen molar-refractivity contribution >= 4 is 16.0 Å². The average Bonchev–Trinajstić information content (AvgIpc) is 2.15. The molecule has 0 unspecified atom stereocenters. The van der Waals surface area contributed by atoms with Gasteiger partial charge in [0.1, 0.15) is 4.90 Å². The Labute approximate surface area is 102 Å². The van der Waals surface area contributed by atoms with Gasteiger partial charge in [0.25, 0.3) is 0 Å². The summed E-state index contributed by atoms with van der Waals surface area (Å²) in [6.07, 6.45) is 2.58. The predicted octanol–water partition coefficient (Wildman–Crippen LogP) is 0.985. The van der Waals surface area contributed by atoms with Gasteiger partial charge in [-0.3, -0.25) is 0 Å². The van der Waals surface area contributed by atoms with Gasteiger partial charge in [0.15, 0.2) is 0 Å². The largest absolute Gasteiger partial charge is 0.355 e. The maximum Gasteiger partial charge on any atom is 0.244 e. The van der Waals surface area contributed by atoms with E-state index in [4.69, 9.17) is 0 Å². The van der Waals surface area contributed by atoms with E-state index in [1.807, 2.05) is 6.92 Å². The second-order valence-corrected chi connectivity index (χ2v) is 6.31. The topological polar surface area (TPSA) is 84.0 Å². The molecule has 6 nitrogen and oxygen atoms in total. The summed E-state index contributed by atoms with van der Waals surface area (Å²) in [6, 6.07) is 0. The second kappa shape index (κ2) is 4.97. The van der Waals surface area contributed by atoms with Crippen molar-refractivity contribution in [3.63, 3.8) is 0 Å². The minimum atomic E-state index is -3.55. The molecule has 0 atom stereocenters. The quantitative estimate of drug-likeness (QED) is 0.841. The molecular formula is C10H18N4O2S. The van der Waals surface area contributed by atoms with Gasteiger partial charge in [-0.15, -0.1) is 0 Å². The normalized spacial score (nSPS) is 12.5. The summed E-state index contributed by atoms with van der Waals surface area (Å²) < 4.78 is 26.3. The van der Waals surface area contributed by atoms with Crippen molar-refractivity contribution in [2.24, 2.45) is 0 Å². The molecule has 0 bridgehead atoms. The van der Waals surface area contributed by atoms with Crippen LogP contribution in [0.1, 0.15) is 27.7 Å². The van der Waals surface area contributed by atoms with Crippen LogP contribution in [0.3, 0.4) is 0 Å². The number of hydrogen-bond donors (Lipinski definition) is 2. The molecule has 0 radical (unpaired) electrons. The Balaban J connectivity index is 2.93. The van der Waals surface area contributed by atoms with Crippen LogP contribution in [-0.2, 0) is 10.0 Å². The van der Waals surface area contributed by atoms with Crippen LogP contribution in [0.15, 0.2) is 17.3 Å². The lowest BCUT2D eigenvalue weighted by atomic mass is 10.1. The molecule has 0 saturated carbocycles. The summed E-state index contributed by atoms with van der Waals surface area (Å²) in [4.78, 5) is 7.91. The predicted molar refractivity (Wildman–Crippen MR) is 66.3 cm³/mol. The highest BCUT2D eigenvalue weighted by Crippen LogP contribution is 2.11. The molecule has 1 aromatic heterocycles. The van der Waals surface area contributed by atoms with Crippen molar-refractivity contribution in [2.45, 2.75) is 38.1 Å². The maximum atomic E-state index is 11.9. The zero-order valence-corrected chi connectivity index (χ0v) is 11.3. The van der Waals surface area contributed by atoms with E-state index < -0.39 is 15.6 Å². The summed E-state index contributed by atoms with van der Waals surface area (Å²) in [6.45, 7) is 7.93. The van der Waals surface area contributed by atoms with Crippen LogP contribution in [0.2, 0.25) is 0 Å². The van der Waals surface area contributed by atoms with Gasteiger partial charge in [0.05, 0.1) is 12.4 Å². The smallest absolute Gasteiger partial charge is 0.244 e. The van der Waals surface area contributed by atoms with Gasteiger partial charge in [0, 0.05) is 12.1 Å². The van der Waals surface area contributed by atoms with Gasteiger partial charge in [-0.1, -0.05) is 0 Å². The van der Waals surface area contributed by atoms with Crippen LogP contribution >= 0.6 is 0 Å². The summed E-state index contributed by atoms with van der Waals surface area (Å²) in [7, 11) is -3.55. The molecule has 1 rings (SSSR count). The Hall–Kier alpha value is -1.21. The molecule has 7 heteroatoms. The Bertz CT molecular complexity index is 462. The molecule has 0 aliphatic heterocycles. The van der Waals surface area contributed by atoms with Crippen LogP contribution in [0.5, 0.6) is 0 Å². The lowest BCUT2D eigenvalue weighted by Gasteiger charge is -2.20. The molecule has 0 aromatic carbocycles. The highest BCUT2D eigenvalue weighted by molar-refractivity contribution is 7.89. The zero-order valence-electron chi connectivity index (χ0n) is 10.5. The van der Waals surface area contributed by atoms with Gasteiger partial charge in [0.2, 0.25) is 16.0 Å². The van der Waals surface area contributed by atoms with Crippen LogP contribution < -0.4 is 10.0 Å². The van der Waals surface area contributed by atoms with E-state index in [1.165, 1.54) is 12.4 Å². The standard InChI is InChI=1S/C10H18N4O2S/c1-5-11-9-12-6-8(7-13-9)17(15,16)14-10(2,3)4/h6-7,14H,5H2,1-4H3,(H,11,12,13). The minimum Gasteiger partial charge on any atom is -0.355 e. The first-order valence-corrected chi connectivity index (χ1v) is 6.83. The first kappa shape index (κ1) is 13.9. The van der Waals surface area contributed by atoms with Gasteiger partial charge < -0.3 is 5.32 Å². The first-order valence-electron chi connectivity index (χ1n) is 5.34. The number of nitrogens with one attached hydrogen (secondary N) is 2. The number of aromatic nitrogens is 2. The molecule has 1 aromatic rings. The number of rotatable bonds is 4. The SMILES string of the molecule is CCNc1ncc(S(=O)(=O)NC(C)(C)C)cn1. The van der Waals surface area contributed by atoms with Crippen LogP contribution in [0, 0.1) is 0 Å². The highest BCUT2D eigenvalue weighted by Gasteiger charge is 2.22. The van der Waals surface area contributed by atoms with Crippen molar-refractivity contribution < 1.29 is 8.42 Å². The maximum absolute atomic E-state index is 11.9. The Morgan fingerprint density at radius 2 is 1.76 bits per heavy atom. The Morgan fingerprint density at radius 1 is 1.24 bits per heavy atom. The number of sulfonamides is 1. The zero-order chi connectivity index (χ0) is 13.1. The molecule has 0 fully saturated rings. The third kappa shape index (κ3) is 4.27. The van der Waals surface area contributed by atoms with E-state index in [1.54, 1.807) is 20.8 Å². The molecule has 2 N–H and O–H groups in total. The minimum absolute atomic E-state index is 0.0640. The molecule has 1 heterocycles. The van der Waals surface area contributed by atoms with Gasteiger partial charge in [-0.05, 0) is 27.7 Å². The lowest BCUT2D eigenvalue weighted by molar-refractivity contribution is 0.491. The summed E-state index contributed by atoms with van der Waals surface area (Å²) >= 11 is 0. The molecule has 0 aliphatic carbocycles. The molecule has 96 valence electrons. The van der Waals surface area contributed by atoms with Gasteiger partial charge in [-0.25, -0.2) is 23.1 Å². The van der Waals surface area contributed by atoms with E-state index in [0.717, 1.165) is 0 Å². The number of anilines is 1. The fourth-order valence-electron chi connectivity index (χ4n) is 1.17. The average molecular weight is 258 g/mol. The van der Waals surface area contributed by atoms with E-state index in [-0.39, 0.29) is 4.90 Å². The van der Waals surface area contributed by atoms with E-state index >= 15 is 0 Å². The van der Waals surface area contributed by atoms with E-state index in [0.29, 0.717) is 12.5 Å². The van der Waals surface area contributed by atoms with Crippen molar-refractivity contribution in [2.75, 3.05) is 11.9 Å². The third-order valence-corrected chi connectivity index (χ3v) is 3.43.